The molecular weight excluding hydrogens is 819 g/mol. The number of carbonyl (C=O) groups excluding carboxylic acids is 5. The minimum atomic E-state index is -2.37. The average Bonchev–Trinajstić information content (AvgIpc) is 3.27. The lowest BCUT2D eigenvalue weighted by atomic mass is 9.49. The molecule has 63 heavy (non-hydrogen) atoms. The van der Waals surface area contributed by atoms with E-state index < -0.39 is 119 Å². The fraction of sp³-hybridized carbons (Fsp3) is 0.511. The fourth-order valence-corrected chi connectivity index (χ4v) is 9.39. The first-order chi connectivity index (χ1) is 29.7. The van der Waals surface area contributed by atoms with Crippen LogP contribution < -0.4 is 5.32 Å². The summed E-state index contributed by atoms with van der Waals surface area (Å²) in [6, 6.07) is 23.3. The van der Waals surface area contributed by atoms with Gasteiger partial charge in [-0.3, -0.25) is 14.9 Å². The van der Waals surface area contributed by atoms with Crippen LogP contribution in [0.3, 0.4) is 0 Å². The van der Waals surface area contributed by atoms with Crippen LogP contribution in [0.1, 0.15) is 88.1 Å². The topological polar surface area (TPSA) is 234 Å². The number of hydrogen-bond donors (Lipinski definition) is 5. The van der Waals surface area contributed by atoms with Crippen molar-refractivity contribution in [2.75, 3.05) is 13.7 Å². The first kappa shape index (κ1) is 47.3. The van der Waals surface area contributed by atoms with E-state index in [9.17, 15) is 39.6 Å². The highest BCUT2D eigenvalue weighted by atomic mass is 16.8. The summed E-state index contributed by atoms with van der Waals surface area (Å²) < 4.78 is 35.1. The van der Waals surface area contributed by atoms with E-state index in [1.807, 2.05) is 0 Å². The van der Waals surface area contributed by atoms with Crippen molar-refractivity contribution in [3.05, 3.63) is 108 Å². The molecule has 2 saturated carbocycles. The fourth-order valence-electron chi connectivity index (χ4n) is 9.39. The minimum absolute atomic E-state index is 0.0526. The van der Waals surface area contributed by atoms with E-state index in [2.05, 4.69) is 5.32 Å². The Morgan fingerprint density at radius 1 is 0.873 bits per heavy atom. The Balaban J connectivity index is 1.53. The number of rotatable bonds is 11. The maximum Gasteiger partial charge on any atom is 0.508 e. The third kappa shape index (κ3) is 8.97. The van der Waals surface area contributed by atoms with E-state index in [4.69, 9.17) is 28.4 Å². The van der Waals surface area contributed by atoms with Crippen LogP contribution in [-0.4, -0.2) is 112 Å². The van der Waals surface area contributed by atoms with E-state index in [1.54, 1.807) is 99.6 Å². The summed E-state index contributed by atoms with van der Waals surface area (Å²) >= 11 is 0. The maximum atomic E-state index is 15.5. The molecule has 1 aliphatic heterocycles. The number of ketones is 1. The lowest BCUT2D eigenvalue weighted by Gasteiger charge is -2.64. The SMILES string of the molecule is COC(=O)O[C@]12CO[C@H]1C[C@@H](O)[C@]1(C)C(=O)[C@@H](OC(C)=O)C(C)[C@H](OC(=O)[C@@H](O)[C@H](NC(O)c3ccccc3)c3ccccc3)C[C@@](O)(C(C)(C)C)[C@H](OC(=O)c3ccccc3)C21. The van der Waals surface area contributed by atoms with E-state index in [1.165, 1.54) is 26.0 Å². The zero-order valence-electron chi connectivity index (χ0n) is 36.3. The Hall–Kier alpha value is -5.23. The second-order valence-corrected chi connectivity index (χ2v) is 17.9. The highest BCUT2D eigenvalue weighted by molar-refractivity contribution is 5.93. The molecule has 16 nitrogen and oxygen atoms in total. The van der Waals surface area contributed by atoms with Gasteiger partial charge >= 0.3 is 24.1 Å². The lowest BCUT2D eigenvalue weighted by molar-refractivity contribution is -0.341. The third-order valence-corrected chi connectivity index (χ3v) is 13.2. The molecule has 340 valence electrons. The minimum Gasteiger partial charge on any atom is -0.460 e. The Kier molecular flexibility index (Phi) is 13.9. The largest absolute Gasteiger partial charge is 0.508 e. The van der Waals surface area contributed by atoms with Crippen molar-refractivity contribution in [2.24, 2.45) is 22.7 Å². The zero-order chi connectivity index (χ0) is 46.1. The van der Waals surface area contributed by atoms with Gasteiger partial charge in [-0.1, -0.05) is 107 Å². The Morgan fingerprint density at radius 2 is 1.44 bits per heavy atom. The number of hydrogen-bond acceptors (Lipinski definition) is 16. The number of ether oxygens (including phenoxy) is 6. The van der Waals surface area contributed by atoms with Gasteiger partial charge in [-0.2, -0.15) is 0 Å². The van der Waals surface area contributed by atoms with Gasteiger partial charge in [0.2, 0.25) is 0 Å². The van der Waals surface area contributed by atoms with Gasteiger partial charge < -0.3 is 48.8 Å². The molecule has 0 bridgehead atoms. The molecule has 16 heteroatoms. The molecule has 1 saturated heterocycles. The molecule has 6 rings (SSSR count). The molecule has 13 atom stereocenters. The summed E-state index contributed by atoms with van der Waals surface area (Å²) in [5.41, 5.74) is -6.90. The smallest absolute Gasteiger partial charge is 0.460 e. The van der Waals surface area contributed by atoms with Crippen LogP contribution in [0.15, 0.2) is 91.0 Å². The molecule has 0 amide bonds. The van der Waals surface area contributed by atoms with Crippen molar-refractivity contribution >= 4 is 29.8 Å². The lowest BCUT2D eigenvalue weighted by Crippen LogP contribution is -2.80. The molecular formula is C47H57NO15. The van der Waals surface area contributed by atoms with Crippen LogP contribution in [0.2, 0.25) is 0 Å². The van der Waals surface area contributed by atoms with Crippen molar-refractivity contribution in [1.29, 1.82) is 0 Å². The highest BCUT2D eigenvalue weighted by Gasteiger charge is 2.76. The van der Waals surface area contributed by atoms with Crippen LogP contribution in [0, 0.1) is 22.7 Å². The molecule has 2 aliphatic carbocycles. The summed E-state index contributed by atoms with van der Waals surface area (Å²) in [6.07, 6.45) is -13.5. The number of esters is 3. The number of carbonyl (C=O) groups is 5. The molecule has 5 N–H and O–H groups in total. The molecule has 3 aromatic carbocycles. The second kappa shape index (κ2) is 18.5. The van der Waals surface area contributed by atoms with Gasteiger partial charge in [-0.05, 0) is 35.6 Å². The molecule has 3 unspecified atom stereocenters. The third-order valence-electron chi connectivity index (χ3n) is 13.2. The number of aliphatic hydroxyl groups is 4. The molecule has 0 radical (unpaired) electrons. The number of benzene rings is 3. The number of fused-ring (bicyclic) bond motifs is 3. The molecule has 3 aromatic rings. The van der Waals surface area contributed by atoms with Crippen LogP contribution in [0.4, 0.5) is 4.79 Å². The number of aliphatic hydroxyl groups excluding tert-OH is 3. The summed E-state index contributed by atoms with van der Waals surface area (Å²) in [5.74, 6) is -6.99. The number of Topliss-reactive ketones (excluding diaryl/α,β-unsaturated/α-hetero) is 1. The Bertz CT molecular complexity index is 2110. The first-order valence-corrected chi connectivity index (χ1v) is 20.9. The van der Waals surface area contributed by atoms with Gasteiger partial charge in [-0.15, -0.1) is 0 Å². The predicted molar refractivity (Wildman–Crippen MR) is 222 cm³/mol. The van der Waals surface area contributed by atoms with Crippen molar-refractivity contribution < 1.29 is 72.8 Å². The number of nitrogens with one attached hydrogen (secondary N) is 1. The maximum absolute atomic E-state index is 15.5. The van der Waals surface area contributed by atoms with Crippen molar-refractivity contribution in [1.82, 2.24) is 5.32 Å². The Labute approximate surface area is 365 Å². The standard InChI is InChI=1S/C47H57NO15/c1-26-31(61-42(55)35(51)34(28-17-11-8-12-18-28)48-40(53)29-19-13-9-14-20-29)24-47(57,44(3,4)5)39(62-41(54)30-21-15-10-16-22-30)37-45(6,38(52)36(26)60-27(2)49)32(50)23-33-46(37,25-59-33)63-43(56)58-7/h8-22,26,31-37,39-40,48,50-51,53,57H,23-25H2,1-7H3/t26?,31-,32-,33+,34-,35+,36+,37?,39-,40?,45+,46-,47+/m1/s1. The first-order valence-electron chi connectivity index (χ1n) is 20.9. The second-order valence-electron chi connectivity index (χ2n) is 17.9. The van der Waals surface area contributed by atoms with Gasteiger partial charge in [0.15, 0.2) is 23.6 Å². The van der Waals surface area contributed by atoms with E-state index in [-0.39, 0.29) is 18.6 Å². The molecule has 3 aliphatic rings. The molecule has 1 heterocycles. The monoisotopic (exact) mass is 875 g/mol. The van der Waals surface area contributed by atoms with Crippen LogP contribution in [0.25, 0.3) is 0 Å². The van der Waals surface area contributed by atoms with Crippen LogP contribution >= 0.6 is 0 Å². The normalized spacial score (nSPS) is 32.0. The quantitative estimate of drug-likeness (QED) is 0.104. The molecule has 3 fully saturated rings. The van der Waals surface area contributed by atoms with Crippen LogP contribution in [0.5, 0.6) is 0 Å². The summed E-state index contributed by atoms with van der Waals surface area (Å²) in [4.78, 5) is 70.4. The van der Waals surface area contributed by atoms with Gasteiger partial charge in [0.1, 0.15) is 30.1 Å². The number of methoxy groups -OCH3 is 1. The van der Waals surface area contributed by atoms with Crippen molar-refractivity contribution in [2.45, 2.75) is 114 Å². The van der Waals surface area contributed by atoms with Crippen LogP contribution in [-0.2, 0) is 42.8 Å². The predicted octanol–water partition coefficient (Wildman–Crippen LogP) is 4.13. The summed E-state index contributed by atoms with van der Waals surface area (Å²) in [7, 11) is 1.07. The zero-order valence-corrected chi connectivity index (χ0v) is 36.3. The molecule has 0 spiro atoms. The van der Waals surface area contributed by atoms with Gasteiger partial charge in [0.05, 0.1) is 42.8 Å². The van der Waals surface area contributed by atoms with E-state index in [0.717, 1.165) is 14.0 Å². The van der Waals surface area contributed by atoms with E-state index in [0.29, 0.717) is 11.1 Å². The van der Waals surface area contributed by atoms with Gasteiger partial charge in [0, 0.05) is 25.7 Å². The van der Waals surface area contributed by atoms with E-state index >= 15 is 4.79 Å². The molecule has 0 aromatic heterocycles. The van der Waals surface area contributed by atoms with Crippen molar-refractivity contribution in [3.8, 4) is 0 Å². The summed E-state index contributed by atoms with van der Waals surface area (Å²) in [6.45, 7) is 8.36. The summed E-state index contributed by atoms with van der Waals surface area (Å²) in [5, 5.41) is 51.8. The Morgan fingerprint density at radius 3 is 1.97 bits per heavy atom. The van der Waals surface area contributed by atoms with Gasteiger partial charge in [0.25, 0.3) is 0 Å². The highest BCUT2D eigenvalue weighted by Crippen LogP contribution is 2.61. The average molecular weight is 876 g/mol. The van der Waals surface area contributed by atoms with Crippen molar-refractivity contribution in [3.63, 3.8) is 0 Å². The van der Waals surface area contributed by atoms with Gasteiger partial charge in [-0.25, -0.2) is 14.4 Å².